The Hall–Kier alpha value is -3.37. The van der Waals surface area contributed by atoms with E-state index in [0.29, 0.717) is 30.9 Å². The number of carbonyl (C=O) groups is 2. The van der Waals surface area contributed by atoms with Crippen molar-refractivity contribution in [2.24, 2.45) is 5.92 Å². The van der Waals surface area contributed by atoms with Crippen LogP contribution >= 0.6 is 0 Å². The maximum atomic E-state index is 12.9. The van der Waals surface area contributed by atoms with Crippen molar-refractivity contribution in [3.63, 3.8) is 0 Å². The number of ether oxygens (including phenoxy) is 1. The van der Waals surface area contributed by atoms with Gasteiger partial charge in [-0.25, -0.2) is 9.97 Å². The fourth-order valence-corrected chi connectivity index (χ4v) is 3.23. The van der Waals surface area contributed by atoms with Crippen molar-refractivity contribution in [3.8, 4) is 5.75 Å². The van der Waals surface area contributed by atoms with E-state index in [-0.39, 0.29) is 35.3 Å². The first-order chi connectivity index (χ1) is 15.1. The van der Waals surface area contributed by atoms with E-state index in [0.717, 1.165) is 12.3 Å². The van der Waals surface area contributed by atoms with E-state index in [1.807, 2.05) is 0 Å². The van der Waals surface area contributed by atoms with Crippen molar-refractivity contribution < 1.29 is 27.5 Å². The summed E-state index contributed by atoms with van der Waals surface area (Å²) in [6.07, 6.45) is -1.73. The topological polar surface area (TPSA) is 96.4 Å². The summed E-state index contributed by atoms with van der Waals surface area (Å²) in [4.78, 5) is 34.3. The molecule has 172 valence electrons. The van der Waals surface area contributed by atoms with Crippen LogP contribution < -0.4 is 20.3 Å². The van der Waals surface area contributed by atoms with Crippen LogP contribution in [0.25, 0.3) is 0 Å². The van der Waals surface area contributed by atoms with E-state index < -0.39 is 11.7 Å². The molecule has 3 heterocycles. The second-order valence-corrected chi connectivity index (χ2v) is 7.73. The standard InChI is InChI=1S/C21H24F3N5O3/c1-12(2)19(30)28-17-8-13(4-6-25-17)20(31)27-15-5-7-29(11-15)18-16(32-3)9-14(10-26-18)21(22,23)24/h4,6,8-10,12,15H,5,7,11H2,1-3H3,(H,27,31)(H,25,28,30)/t15-/m1/s1. The van der Waals surface area contributed by atoms with Gasteiger partial charge in [0.05, 0.1) is 12.7 Å². The van der Waals surface area contributed by atoms with Gasteiger partial charge in [0, 0.05) is 43.0 Å². The van der Waals surface area contributed by atoms with Crippen molar-refractivity contribution in [1.82, 2.24) is 15.3 Å². The Bertz CT molecular complexity index is 997. The highest BCUT2D eigenvalue weighted by Gasteiger charge is 2.33. The molecule has 32 heavy (non-hydrogen) atoms. The highest BCUT2D eigenvalue weighted by Crippen LogP contribution is 2.35. The molecule has 1 atom stereocenters. The smallest absolute Gasteiger partial charge is 0.418 e. The molecule has 1 aliphatic heterocycles. The van der Waals surface area contributed by atoms with E-state index in [4.69, 9.17) is 4.74 Å². The molecule has 2 aromatic heterocycles. The predicted octanol–water partition coefficient (Wildman–Crippen LogP) is 3.11. The maximum Gasteiger partial charge on any atom is 0.418 e. The molecule has 0 bridgehead atoms. The zero-order valence-electron chi connectivity index (χ0n) is 17.9. The number of hydrogen-bond donors (Lipinski definition) is 2. The number of nitrogens with one attached hydrogen (secondary N) is 2. The Kier molecular flexibility index (Phi) is 6.85. The van der Waals surface area contributed by atoms with Gasteiger partial charge in [-0.05, 0) is 24.6 Å². The largest absolute Gasteiger partial charge is 0.493 e. The molecular formula is C21H24F3N5O3. The molecule has 0 unspecified atom stereocenters. The lowest BCUT2D eigenvalue weighted by molar-refractivity contribution is -0.137. The third-order valence-electron chi connectivity index (χ3n) is 5.00. The van der Waals surface area contributed by atoms with Crippen LogP contribution in [0.4, 0.5) is 24.8 Å². The summed E-state index contributed by atoms with van der Waals surface area (Å²) in [5.41, 5.74) is -0.553. The number of nitrogens with zero attached hydrogens (tertiary/aromatic N) is 3. The summed E-state index contributed by atoms with van der Waals surface area (Å²) in [6, 6.07) is 3.70. The molecule has 0 spiro atoms. The highest BCUT2D eigenvalue weighted by atomic mass is 19.4. The van der Waals surface area contributed by atoms with E-state index in [2.05, 4.69) is 20.6 Å². The molecule has 2 amide bonds. The van der Waals surface area contributed by atoms with Gasteiger partial charge in [-0.2, -0.15) is 13.2 Å². The zero-order chi connectivity index (χ0) is 23.5. The van der Waals surface area contributed by atoms with Gasteiger partial charge in [0.25, 0.3) is 5.91 Å². The van der Waals surface area contributed by atoms with Gasteiger partial charge in [0.1, 0.15) is 5.82 Å². The Balaban J connectivity index is 1.65. The third-order valence-corrected chi connectivity index (χ3v) is 5.00. The summed E-state index contributed by atoms with van der Waals surface area (Å²) < 4.78 is 43.9. The first-order valence-electron chi connectivity index (χ1n) is 10.0. The van der Waals surface area contributed by atoms with Crippen molar-refractivity contribution >= 4 is 23.5 Å². The summed E-state index contributed by atoms with van der Waals surface area (Å²) >= 11 is 0. The minimum absolute atomic E-state index is 0.0199. The number of methoxy groups -OCH3 is 1. The number of carbonyl (C=O) groups excluding carboxylic acids is 2. The molecule has 11 heteroatoms. The Morgan fingerprint density at radius 2 is 2.00 bits per heavy atom. The number of rotatable bonds is 6. The molecule has 1 saturated heterocycles. The molecule has 0 aliphatic carbocycles. The molecule has 2 N–H and O–H groups in total. The van der Waals surface area contributed by atoms with Gasteiger partial charge in [-0.3, -0.25) is 9.59 Å². The van der Waals surface area contributed by atoms with Crippen molar-refractivity contribution in [3.05, 3.63) is 41.7 Å². The van der Waals surface area contributed by atoms with Crippen LogP contribution in [0.5, 0.6) is 5.75 Å². The van der Waals surface area contributed by atoms with E-state index >= 15 is 0 Å². The number of alkyl halides is 3. The molecule has 3 rings (SSSR count). The highest BCUT2D eigenvalue weighted by molar-refractivity contribution is 5.97. The van der Waals surface area contributed by atoms with Crippen LogP contribution in [0.15, 0.2) is 30.6 Å². The summed E-state index contributed by atoms with van der Waals surface area (Å²) in [5.74, 6) is -0.185. The first kappa shape index (κ1) is 23.3. The predicted molar refractivity (Wildman–Crippen MR) is 112 cm³/mol. The summed E-state index contributed by atoms with van der Waals surface area (Å²) in [5, 5.41) is 5.55. The molecule has 0 aromatic carbocycles. The number of anilines is 2. The van der Waals surface area contributed by atoms with Gasteiger partial charge in [-0.15, -0.1) is 0 Å². The van der Waals surface area contributed by atoms with Crippen molar-refractivity contribution in [2.45, 2.75) is 32.5 Å². The normalized spacial score (nSPS) is 16.2. The number of amides is 2. The van der Waals surface area contributed by atoms with Crippen molar-refractivity contribution in [2.75, 3.05) is 30.4 Å². The van der Waals surface area contributed by atoms with Crippen LogP contribution in [0.1, 0.15) is 36.2 Å². The lowest BCUT2D eigenvalue weighted by atomic mass is 10.2. The molecule has 1 aliphatic rings. The lowest BCUT2D eigenvalue weighted by Gasteiger charge is -2.21. The van der Waals surface area contributed by atoms with Crippen LogP contribution in [-0.2, 0) is 11.0 Å². The summed E-state index contributed by atoms with van der Waals surface area (Å²) in [6.45, 7) is 4.35. The van der Waals surface area contributed by atoms with Crippen LogP contribution in [0.3, 0.4) is 0 Å². The lowest BCUT2D eigenvalue weighted by Crippen LogP contribution is -2.37. The van der Waals surface area contributed by atoms with Crippen LogP contribution in [0.2, 0.25) is 0 Å². The Morgan fingerprint density at radius 1 is 1.25 bits per heavy atom. The van der Waals surface area contributed by atoms with Gasteiger partial charge in [0.15, 0.2) is 11.6 Å². The average Bonchev–Trinajstić information content (AvgIpc) is 3.20. The Labute approximate surface area is 183 Å². The monoisotopic (exact) mass is 451 g/mol. The summed E-state index contributed by atoms with van der Waals surface area (Å²) in [7, 11) is 1.29. The second kappa shape index (κ2) is 9.41. The minimum Gasteiger partial charge on any atom is -0.493 e. The molecule has 0 saturated carbocycles. The van der Waals surface area contributed by atoms with Gasteiger partial charge in [-0.1, -0.05) is 13.8 Å². The Morgan fingerprint density at radius 3 is 2.66 bits per heavy atom. The zero-order valence-corrected chi connectivity index (χ0v) is 17.9. The van der Waals surface area contributed by atoms with E-state index in [9.17, 15) is 22.8 Å². The van der Waals surface area contributed by atoms with E-state index in [1.54, 1.807) is 18.7 Å². The molecule has 1 fully saturated rings. The van der Waals surface area contributed by atoms with E-state index in [1.165, 1.54) is 25.4 Å². The first-order valence-corrected chi connectivity index (χ1v) is 10.0. The maximum absolute atomic E-state index is 12.9. The molecule has 0 radical (unpaired) electrons. The quantitative estimate of drug-likeness (QED) is 0.701. The molecule has 8 nitrogen and oxygen atoms in total. The van der Waals surface area contributed by atoms with Crippen molar-refractivity contribution in [1.29, 1.82) is 0 Å². The van der Waals surface area contributed by atoms with Gasteiger partial charge >= 0.3 is 6.18 Å². The van der Waals surface area contributed by atoms with Crippen LogP contribution in [0, 0.1) is 5.92 Å². The van der Waals surface area contributed by atoms with Gasteiger partial charge in [0.2, 0.25) is 5.91 Å². The number of aromatic nitrogens is 2. The molecular weight excluding hydrogens is 427 g/mol. The fraction of sp³-hybridized carbons (Fsp3) is 0.429. The molecule has 2 aromatic rings. The second-order valence-electron chi connectivity index (χ2n) is 7.73. The van der Waals surface area contributed by atoms with Crippen LogP contribution in [-0.4, -0.2) is 48.0 Å². The number of pyridine rings is 2. The SMILES string of the molecule is COc1cc(C(F)(F)F)cnc1N1CC[C@@H](NC(=O)c2ccnc(NC(=O)C(C)C)c2)C1. The third kappa shape index (κ3) is 5.45. The number of hydrogen-bond acceptors (Lipinski definition) is 6. The minimum atomic E-state index is -4.52. The average molecular weight is 451 g/mol. The van der Waals surface area contributed by atoms with Gasteiger partial charge < -0.3 is 20.3 Å². The fourth-order valence-electron chi connectivity index (χ4n) is 3.23. The number of halogens is 3.